The maximum Gasteiger partial charge on any atom is 0.255 e. The van der Waals surface area contributed by atoms with E-state index in [2.05, 4.69) is 5.32 Å². The van der Waals surface area contributed by atoms with Crippen LogP contribution in [0.15, 0.2) is 77.7 Å². The number of benzene rings is 3. The molecule has 0 aliphatic rings. The molecule has 7 nitrogen and oxygen atoms in total. The lowest BCUT2D eigenvalue weighted by Gasteiger charge is -2.15. The summed E-state index contributed by atoms with van der Waals surface area (Å²) in [4.78, 5) is 12.8. The number of hydrogen-bond donors (Lipinski definition) is 1. The van der Waals surface area contributed by atoms with Crippen LogP contribution in [0.2, 0.25) is 0 Å². The zero-order valence-corrected chi connectivity index (χ0v) is 17.6. The normalized spacial score (nSPS) is 11.2. The van der Waals surface area contributed by atoms with E-state index in [1.807, 2.05) is 30.3 Å². The molecule has 0 unspecified atom stereocenters. The zero-order valence-electron chi connectivity index (χ0n) is 16.8. The van der Waals surface area contributed by atoms with Gasteiger partial charge in [0.1, 0.15) is 17.2 Å². The van der Waals surface area contributed by atoms with Crippen molar-refractivity contribution in [1.29, 1.82) is 0 Å². The van der Waals surface area contributed by atoms with Crippen LogP contribution in [-0.2, 0) is 10.0 Å². The summed E-state index contributed by atoms with van der Waals surface area (Å²) in [6.07, 6.45) is 0. The molecule has 3 rings (SSSR count). The molecule has 0 aliphatic heterocycles. The first kappa shape index (κ1) is 21.4. The number of carbonyl (C=O) groups is 1. The van der Waals surface area contributed by atoms with Gasteiger partial charge in [0.2, 0.25) is 10.0 Å². The smallest absolute Gasteiger partial charge is 0.255 e. The summed E-state index contributed by atoms with van der Waals surface area (Å²) >= 11 is 0. The van der Waals surface area contributed by atoms with Gasteiger partial charge in [-0.05, 0) is 48.5 Å². The highest BCUT2D eigenvalue weighted by Crippen LogP contribution is 2.29. The average Bonchev–Trinajstić information content (AvgIpc) is 2.74. The summed E-state index contributed by atoms with van der Waals surface area (Å²) in [6.45, 7) is 0. The number of rotatable bonds is 7. The van der Waals surface area contributed by atoms with E-state index in [0.717, 1.165) is 4.31 Å². The molecule has 0 spiro atoms. The number of carbonyl (C=O) groups excluding carboxylic acids is 1. The lowest BCUT2D eigenvalue weighted by atomic mass is 10.2. The van der Waals surface area contributed by atoms with Crippen LogP contribution in [0.5, 0.6) is 17.2 Å². The van der Waals surface area contributed by atoms with Crippen LogP contribution in [0.1, 0.15) is 10.4 Å². The number of nitrogens with zero attached hydrogens (tertiary/aromatic N) is 1. The quantitative estimate of drug-likeness (QED) is 0.618. The van der Waals surface area contributed by atoms with Gasteiger partial charge in [-0.15, -0.1) is 0 Å². The molecule has 0 fully saturated rings. The highest BCUT2D eigenvalue weighted by atomic mass is 32.2. The third-order valence-corrected chi connectivity index (χ3v) is 6.08. The Hall–Kier alpha value is -3.36. The molecule has 1 amide bonds. The predicted molar refractivity (Wildman–Crippen MR) is 115 cm³/mol. The van der Waals surface area contributed by atoms with Crippen molar-refractivity contribution < 1.29 is 22.7 Å². The van der Waals surface area contributed by atoms with Crippen LogP contribution < -0.4 is 14.8 Å². The first-order valence-electron chi connectivity index (χ1n) is 9.06. The van der Waals surface area contributed by atoms with E-state index in [1.54, 1.807) is 24.3 Å². The second kappa shape index (κ2) is 8.98. The molecule has 8 heteroatoms. The number of methoxy groups -OCH3 is 1. The molecule has 3 aromatic rings. The molecule has 3 aromatic carbocycles. The molecule has 0 saturated heterocycles. The molecule has 0 aliphatic carbocycles. The molecular weight excluding hydrogens is 404 g/mol. The molecule has 30 heavy (non-hydrogen) atoms. The Kier molecular flexibility index (Phi) is 6.39. The number of ether oxygens (including phenoxy) is 2. The van der Waals surface area contributed by atoms with Crippen molar-refractivity contribution in [3.63, 3.8) is 0 Å². The second-order valence-corrected chi connectivity index (χ2v) is 8.70. The Morgan fingerprint density at radius 1 is 0.900 bits per heavy atom. The van der Waals surface area contributed by atoms with E-state index in [1.165, 1.54) is 39.4 Å². The monoisotopic (exact) mass is 426 g/mol. The average molecular weight is 426 g/mol. The Labute approximate surface area is 175 Å². The van der Waals surface area contributed by atoms with E-state index < -0.39 is 15.9 Å². The molecule has 156 valence electrons. The van der Waals surface area contributed by atoms with Crippen molar-refractivity contribution in [1.82, 2.24) is 4.31 Å². The molecule has 0 aromatic heterocycles. The summed E-state index contributed by atoms with van der Waals surface area (Å²) in [5.74, 6) is 1.08. The molecule has 0 saturated carbocycles. The first-order chi connectivity index (χ1) is 14.3. The topological polar surface area (TPSA) is 84.9 Å². The number of hydrogen-bond acceptors (Lipinski definition) is 5. The number of sulfonamides is 1. The number of anilines is 1. The number of amides is 1. The van der Waals surface area contributed by atoms with Gasteiger partial charge in [0.15, 0.2) is 0 Å². The van der Waals surface area contributed by atoms with Gasteiger partial charge in [-0.3, -0.25) is 4.79 Å². The van der Waals surface area contributed by atoms with E-state index in [0.29, 0.717) is 22.8 Å². The van der Waals surface area contributed by atoms with Crippen LogP contribution in [-0.4, -0.2) is 39.8 Å². The standard InChI is InChI=1S/C22H22N2O5S/c1-24(2)30(26,27)19-12-13-21(28-3)20(15-19)23-22(25)16-8-7-11-18(14-16)29-17-9-5-4-6-10-17/h4-15H,1-3H3,(H,23,25). The van der Waals surface area contributed by atoms with Crippen LogP contribution in [0, 0.1) is 0 Å². The lowest BCUT2D eigenvalue weighted by Crippen LogP contribution is -2.22. The Balaban J connectivity index is 1.86. The Bertz CT molecular complexity index is 1150. The third-order valence-electron chi connectivity index (χ3n) is 4.27. The molecule has 0 heterocycles. The molecule has 0 bridgehead atoms. The van der Waals surface area contributed by atoms with Crippen molar-refractivity contribution in [2.75, 3.05) is 26.5 Å². The van der Waals surface area contributed by atoms with Crippen molar-refractivity contribution >= 4 is 21.6 Å². The minimum Gasteiger partial charge on any atom is -0.495 e. The van der Waals surface area contributed by atoms with E-state index >= 15 is 0 Å². The van der Waals surface area contributed by atoms with Gasteiger partial charge in [0.05, 0.1) is 17.7 Å². The van der Waals surface area contributed by atoms with E-state index in [-0.39, 0.29) is 10.6 Å². The maximum atomic E-state index is 12.8. The van der Waals surface area contributed by atoms with Crippen LogP contribution in [0.4, 0.5) is 5.69 Å². The fourth-order valence-corrected chi connectivity index (χ4v) is 3.60. The molecular formula is C22H22N2O5S. The summed E-state index contributed by atoms with van der Waals surface area (Å²) in [6, 6.07) is 20.2. The third kappa shape index (κ3) is 4.79. The zero-order chi connectivity index (χ0) is 21.7. The Morgan fingerprint density at radius 2 is 1.60 bits per heavy atom. The molecule has 1 N–H and O–H groups in total. The van der Waals surface area contributed by atoms with Gasteiger partial charge < -0.3 is 14.8 Å². The predicted octanol–water partition coefficient (Wildman–Crippen LogP) is 3.99. The van der Waals surface area contributed by atoms with Gasteiger partial charge >= 0.3 is 0 Å². The molecule has 0 radical (unpaired) electrons. The van der Waals surface area contributed by atoms with Crippen molar-refractivity contribution in [2.24, 2.45) is 0 Å². The lowest BCUT2D eigenvalue weighted by molar-refractivity contribution is 0.102. The van der Waals surface area contributed by atoms with Gasteiger partial charge in [0, 0.05) is 19.7 Å². The highest BCUT2D eigenvalue weighted by molar-refractivity contribution is 7.89. The SMILES string of the molecule is COc1ccc(S(=O)(=O)N(C)C)cc1NC(=O)c1cccc(Oc2ccccc2)c1. The molecule has 0 atom stereocenters. The van der Waals surface area contributed by atoms with Crippen LogP contribution in [0.25, 0.3) is 0 Å². The minimum atomic E-state index is -3.66. The maximum absolute atomic E-state index is 12.8. The summed E-state index contributed by atoms with van der Waals surface area (Å²) in [7, 11) is 0.665. The largest absolute Gasteiger partial charge is 0.495 e. The van der Waals surface area contributed by atoms with Crippen molar-refractivity contribution in [2.45, 2.75) is 4.90 Å². The highest BCUT2D eigenvalue weighted by Gasteiger charge is 2.20. The van der Waals surface area contributed by atoms with E-state index in [4.69, 9.17) is 9.47 Å². The van der Waals surface area contributed by atoms with Gasteiger partial charge in [-0.1, -0.05) is 24.3 Å². The van der Waals surface area contributed by atoms with Crippen LogP contribution in [0.3, 0.4) is 0 Å². The van der Waals surface area contributed by atoms with Gasteiger partial charge in [-0.2, -0.15) is 0 Å². The fourth-order valence-electron chi connectivity index (χ4n) is 2.68. The van der Waals surface area contributed by atoms with Crippen molar-refractivity contribution in [3.05, 3.63) is 78.4 Å². The van der Waals surface area contributed by atoms with Gasteiger partial charge in [-0.25, -0.2) is 12.7 Å². The summed E-state index contributed by atoms with van der Waals surface area (Å²) < 4.78 is 37.0. The first-order valence-corrected chi connectivity index (χ1v) is 10.5. The summed E-state index contributed by atoms with van der Waals surface area (Å²) in [5.41, 5.74) is 0.603. The van der Waals surface area contributed by atoms with E-state index in [9.17, 15) is 13.2 Å². The second-order valence-electron chi connectivity index (χ2n) is 6.55. The van der Waals surface area contributed by atoms with Crippen molar-refractivity contribution in [3.8, 4) is 17.2 Å². The van der Waals surface area contributed by atoms with Gasteiger partial charge in [0.25, 0.3) is 5.91 Å². The summed E-state index contributed by atoms with van der Waals surface area (Å²) in [5, 5.41) is 2.72. The fraction of sp³-hybridized carbons (Fsp3) is 0.136. The minimum absolute atomic E-state index is 0.0461. The van der Waals surface area contributed by atoms with Crippen LogP contribution >= 0.6 is 0 Å². The number of nitrogens with one attached hydrogen (secondary N) is 1. The Morgan fingerprint density at radius 3 is 2.27 bits per heavy atom. The number of para-hydroxylation sites is 1.